The van der Waals surface area contributed by atoms with Gasteiger partial charge in [0.1, 0.15) is 12.6 Å². The second-order valence-electron chi connectivity index (χ2n) is 9.61. The molecule has 0 aliphatic heterocycles. The number of carbonyl (C=O) groups is 3. The fraction of sp³-hybridized carbons (Fsp3) is 0.464. The van der Waals surface area contributed by atoms with Crippen molar-refractivity contribution >= 4 is 18.0 Å². The van der Waals surface area contributed by atoms with Gasteiger partial charge in [-0.15, -0.1) is 0 Å². The molecule has 2 unspecified atom stereocenters. The molecule has 7 nitrogen and oxygen atoms in total. The second-order valence-corrected chi connectivity index (χ2v) is 9.61. The number of carboxylic acid groups (broad SMARTS) is 1. The SMILES string of the molecule is CCCCC(NC(=O)CC(CNC(=O)OCC1c2ccccc2-c2ccccc21)C1CC1)C(=O)O. The van der Waals surface area contributed by atoms with Crippen LogP contribution < -0.4 is 10.6 Å². The maximum atomic E-state index is 12.5. The van der Waals surface area contributed by atoms with E-state index in [-0.39, 0.29) is 30.8 Å². The van der Waals surface area contributed by atoms with Gasteiger partial charge in [-0.3, -0.25) is 4.79 Å². The van der Waals surface area contributed by atoms with Crippen molar-refractivity contribution in [2.45, 2.75) is 57.4 Å². The molecule has 0 heterocycles. The van der Waals surface area contributed by atoms with Gasteiger partial charge in [-0.25, -0.2) is 9.59 Å². The molecule has 4 rings (SSSR count). The number of carboxylic acids is 1. The molecule has 2 aliphatic carbocycles. The molecular weight excluding hydrogens is 444 g/mol. The highest BCUT2D eigenvalue weighted by atomic mass is 16.5. The summed E-state index contributed by atoms with van der Waals surface area (Å²) in [6.45, 7) is 2.56. The molecule has 186 valence electrons. The van der Waals surface area contributed by atoms with Crippen molar-refractivity contribution in [1.29, 1.82) is 0 Å². The Balaban J connectivity index is 1.28. The number of hydrogen-bond acceptors (Lipinski definition) is 4. The van der Waals surface area contributed by atoms with E-state index >= 15 is 0 Å². The standard InChI is InChI=1S/C28H34N2O5/c1-2-3-12-25(27(32)33)30-26(31)15-19(18-13-14-18)16-29-28(34)35-17-24-22-10-6-4-8-20(22)21-9-5-7-11-23(21)24/h4-11,18-19,24-25H,2-3,12-17H2,1H3,(H,29,34)(H,30,31)(H,32,33). The quantitative estimate of drug-likeness (QED) is 0.410. The Labute approximate surface area is 206 Å². The van der Waals surface area contributed by atoms with Crippen LogP contribution in [0.3, 0.4) is 0 Å². The van der Waals surface area contributed by atoms with E-state index in [4.69, 9.17) is 4.74 Å². The minimum Gasteiger partial charge on any atom is -0.480 e. The number of alkyl carbamates (subject to hydrolysis) is 1. The fourth-order valence-electron chi connectivity index (χ4n) is 4.99. The van der Waals surface area contributed by atoms with Crippen molar-refractivity contribution in [3.05, 3.63) is 59.7 Å². The fourth-order valence-corrected chi connectivity index (χ4v) is 4.99. The minimum absolute atomic E-state index is 0.00534. The van der Waals surface area contributed by atoms with Gasteiger partial charge in [0.15, 0.2) is 0 Å². The van der Waals surface area contributed by atoms with Crippen LogP contribution in [0.5, 0.6) is 0 Å². The first-order chi connectivity index (χ1) is 17.0. The monoisotopic (exact) mass is 478 g/mol. The van der Waals surface area contributed by atoms with Crippen LogP contribution in [0.25, 0.3) is 11.1 Å². The number of nitrogens with one attached hydrogen (secondary N) is 2. The summed E-state index contributed by atoms with van der Waals surface area (Å²) in [5, 5.41) is 14.8. The van der Waals surface area contributed by atoms with Gasteiger partial charge in [0.25, 0.3) is 0 Å². The molecule has 35 heavy (non-hydrogen) atoms. The summed E-state index contributed by atoms with van der Waals surface area (Å²) in [7, 11) is 0. The van der Waals surface area contributed by atoms with E-state index < -0.39 is 18.1 Å². The van der Waals surface area contributed by atoms with Gasteiger partial charge in [-0.05, 0) is 53.4 Å². The zero-order chi connectivity index (χ0) is 24.8. The molecule has 7 heteroatoms. The molecule has 0 aromatic heterocycles. The molecule has 0 bridgehead atoms. The molecule has 2 amide bonds. The zero-order valence-electron chi connectivity index (χ0n) is 20.2. The number of aliphatic carboxylic acids is 1. The van der Waals surface area contributed by atoms with Crippen LogP contribution in [0.1, 0.15) is 62.5 Å². The molecular formula is C28H34N2O5. The zero-order valence-corrected chi connectivity index (χ0v) is 20.2. The summed E-state index contributed by atoms with van der Waals surface area (Å²) in [4.78, 5) is 36.5. The van der Waals surface area contributed by atoms with Crippen molar-refractivity contribution in [3.63, 3.8) is 0 Å². The molecule has 0 spiro atoms. The van der Waals surface area contributed by atoms with E-state index in [1.807, 2.05) is 31.2 Å². The van der Waals surface area contributed by atoms with Crippen molar-refractivity contribution in [3.8, 4) is 11.1 Å². The second kappa shape index (κ2) is 11.4. The maximum Gasteiger partial charge on any atom is 0.407 e. The number of ether oxygens (including phenoxy) is 1. The van der Waals surface area contributed by atoms with Crippen molar-refractivity contribution < 1.29 is 24.2 Å². The van der Waals surface area contributed by atoms with Gasteiger partial charge in [-0.1, -0.05) is 68.3 Å². The number of rotatable bonds is 12. The Kier molecular flexibility index (Phi) is 8.06. The summed E-state index contributed by atoms with van der Waals surface area (Å²) in [5.74, 6) is -0.954. The molecule has 1 saturated carbocycles. The number of fused-ring (bicyclic) bond motifs is 3. The lowest BCUT2D eigenvalue weighted by molar-refractivity contribution is -0.142. The van der Waals surface area contributed by atoms with Crippen molar-refractivity contribution in [2.75, 3.05) is 13.2 Å². The summed E-state index contributed by atoms with van der Waals surface area (Å²) in [6, 6.07) is 15.5. The van der Waals surface area contributed by atoms with Crippen LogP contribution >= 0.6 is 0 Å². The molecule has 2 aromatic carbocycles. The van der Waals surface area contributed by atoms with E-state index in [9.17, 15) is 19.5 Å². The summed E-state index contributed by atoms with van der Waals surface area (Å²) >= 11 is 0. The highest BCUT2D eigenvalue weighted by molar-refractivity contribution is 5.83. The van der Waals surface area contributed by atoms with E-state index in [0.29, 0.717) is 18.9 Å². The molecule has 2 aliphatic rings. The Morgan fingerprint density at radius 3 is 2.23 bits per heavy atom. The van der Waals surface area contributed by atoms with Crippen LogP contribution in [0.2, 0.25) is 0 Å². The van der Waals surface area contributed by atoms with E-state index in [1.54, 1.807) is 0 Å². The Hall–Kier alpha value is -3.35. The molecule has 2 atom stereocenters. The number of amides is 2. The van der Waals surface area contributed by atoms with Crippen LogP contribution in [0, 0.1) is 11.8 Å². The van der Waals surface area contributed by atoms with E-state index in [2.05, 4.69) is 34.9 Å². The lowest BCUT2D eigenvalue weighted by Crippen LogP contribution is -2.42. The normalized spacial score (nSPS) is 16.0. The summed E-state index contributed by atoms with van der Waals surface area (Å²) < 4.78 is 5.61. The average Bonchev–Trinajstić information content (AvgIpc) is 3.65. The molecule has 0 saturated heterocycles. The lowest BCUT2D eigenvalue weighted by atomic mass is 9.98. The van der Waals surface area contributed by atoms with Gasteiger partial charge >= 0.3 is 12.1 Å². The Morgan fingerprint density at radius 2 is 1.66 bits per heavy atom. The van der Waals surface area contributed by atoms with E-state index in [1.165, 1.54) is 11.1 Å². The van der Waals surface area contributed by atoms with Crippen LogP contribution in [-0.2, 0) is 14.3 Å². The van der Waals surface area contributed by atoms with Crippen LogP contribution in [0.4, 0.5) is 4.79 Å². The van der Waals surface area contributed by atoms with Gasteiger partial charge in [-0.2, -0.15) is 0 Å². The topological polar surface area (TPSA) is 105 Å². The van der Waals surface area contributed by atoms with Gasteiger partial charge < -0.3 is 20.5 Å². The third-order valence-electron chi connectivity index (χ3n) is 7.07. The van der Waals surface area contributed by atoms with Crippen molar-refractivity contribution in [2.24, 2.45) is 11.8 Å². The molecule has 0 radical (unpaired) electrons. The van der Waals surface area contributed by atoms with Crippen molar-refractivity contribution in [1.82, 2.24) is 10.6 Å². The summed E-state index contributed by atoms with van der Waals surface area (Å²) in [5.41, 5.74) is 4.67. The first-order valence-corrected chi connectivity index (χ1v) is 12.6. The maximum absolute atomic E-state index is 12.5. The van der Waals surface area contributed by atoms with Gasteiger partial charge in [0, 0.05) is 18.9 Å². The van der Waals surface area contributed by atoms with Crippen LogP contribution in [-0.4, -0.2) is 42.3 Å². The molecule has 3 N–H and O–H groups in total. The van der Waals surface area contributed by atoms with Crippen LogP contribution in [0.15, 0.2) is 48.5 Å². The Morgan fingerprint density at radius 1 is 1.03 bits per heavy atom. The highest BCUT2D eigenvalue weighted by Gasteiger charge is 2.34. The third-order valence-corrected chi connectivity index (χ3v) is 7.07. The van der Waals surface area contributed by atoms with E-state index in [0.717, 1.165) is 36.8 Å². The number of benzene rings is 2. The first kappa shape index (κ1) is 24.8. The lowest BCUT2D eigenvalue weighted by Gasteiger charge is -2.20. The predicted octanol–water partition coefficient (Wildman–Crippen LogP) is 4.70. The largest absolute Gasteiger partial charge is 0.480 e. The first-order valence-electron chi connectivity index (χ1n) is 12.6. The number of hydrogen-bond donors (Lipinski definition) is 3. The number of unbranched alkanes of at least 4 members (excludes halogenated alkanes) is 1. The van der Waals surface area contributed by atoms with Gasteiger partial charge in [0.05, 0.1) is 0 Å². The number of carbonyl (C=O) groups excluding carboxylic acids is 2. The molecule has 1 fully saturated rings. The highest BCUT2D eigenvalue weighted by Crippen LogP contribution is 2.44. The summed E-state index contributed by atoms with van der Waals surface area (Å²) in [6.07, 6.45) is 3.77. The third kappa shape index (κ3) is 6.21. The molecule has 2 aromatic rings. The van der Waals surface area contributed by atoms with Gasteiger partial charge in [0.2, 0.25) is 5.91 Å². The average molecular weight is 479 g/mol. The smallest absolute Gasteiger partial charge is 0.407 e. The predicted molar refractivity (Wildman–Crippen MR) is 133 cm³/mol. The minimum atomic E-state index is -1.01. The Bertz CT molecular complexity index is 1020.